The average molecular weight is 294 g/mol. The first kappa shape index (κ1) is 14.8. The maximum absolute atomic E-state index is 11.1. The summed E-state index contributed by atoms with van der Waals surface area (Å²) in [6.45, 7) is 0. The summed E-state index contributed by atoms with van der Waals surface area (Å²) in [5, 5.41) is 20.0. The maximum Gasteiger partial charge on any atom is 0.311 e. The Labute approximate surface area is 119 Å². The van der Waals surface area contributed by atoms with Crippen LogP contribution in [0.1, 0.15) is 36.0 Å². The second-order valence-corrected chi connectivity index (χ2v) is 5.01. The molecule has 0 heterocycles. The van der Waals surface area contributed by atoms with Gasteiger partial charge in [-0.15, -0.1) is 0 Å². The maximum atomic E-state index is 11.1. The SMILES string of the molecule is NC(=O)c1ccc(OC2(CC(=O)O)CCC2)c([N+](=O)[O-])c1. The van der Waals surface area contributed by atoms with Gasteiger partial charge in [0.25, 0.3) is 0 Å². The predicted molar refractivity (Wildman–Crippen MR) is 71.1 cm³/mol. The summed E-state index contributed by atoms with van der Waals surface area (Å²) in [6, 6.07) is 3.63. The molecule has 8 nitrogen and oxygen atoms in total. The Morgan fingerprint density at radius 2 is 2.10 bits per heavy atom. The molecule has 1 aliphatic rings. The number of rotatable bonds is 6. The van der Waals surface area contributed by atoms with E-state index in [1.54, 1.807) is 0 Å². The topological polar surface area (TPSA) is 133 Å². The van der Waals surface area contributed by atoms with E-state index in [1.165, 1.54) is 12.1 Å². The van der Waals surface area contributed by atoms with Crippen molar-refractivity contribution in [2.24, 2.45) is 5.73 Å². The van der Waals surface area contributed by atoms with Gasteiger partial charge >= 0.3 is 11.7 Å². The van der Waals surface area contributed by atoms with Gasteiger partial charge in [-0.2, -0.15) is 0 Å². The van der Waals surface area contributed by atoms with Gasteiger partial charge in [0.15, 0.2) is 5.75 Å². The van der Waals surface area contributed by atoms with Gasteiger partial charge < -0.3 is 15.6 Å². The molecule has 3 N–H and O–H groups in total. The summed E-state index contributed by atoms with van der Waals surface area (Å²) in [7, 11) is 0. The average Bonchev–Trinajstić information content (AvgIpc) is 2.35. The summed E-state index contributed by atoms with van der Waals surface area (Å²) in [5.74, 6) is -1.86. The van der Waals surface area contributed by atoms with Crippen LogP contribution in [0.4, 0.5) is 5.69 Å². The van der Waals surface area contributed by atoms with Crippen LogP contribution in [0.2, 0.25) is 0 Å². The van der Waals surface area contributed by atoms with E-state index in [0.717, 1.165) is 12.5 Å². The summed E-state index contributed by atoms with van der Waals surface area (Å²) in [6.07, 6.45) is 1.63. The van der Waals surface area contributed by atoms with Crippen molar-refractivity contribution in [1.82, 2.24) is 0 Å². The molecule has 0 spiro atoms. The van der Waals surface area contributed by atoms with Crippen LogP contribution in [0.3, 0.4) is 0 Å². The van der Waals surface area contributed by atoms with E-state index in [-0.39, 0.29) is 17.7 Å². The molecule has 0 saturated heterocycles. The Kier molecular flexibility index (Phi) is 3.79. The van der Waals surface area contributed by atoms with Crippen LogP contribution in [0.25, 0.3) is 0 Å². The van der Waals surface area contributed by atoms with Crippen LogP contribution in [0, 0.1) is 10.1 Å². The van der Waals surface area contributed by atoms with Crippen molar-refractivity contribution in [2.75, 3.05) is 0 Å². The Balaban J connectivity index is 2.32. The molecule has 8 heteroatoms. The van der Waals surface area contributed by atoms with Crippen LogP contribution in [-0.4, -0.2) is 27.5 Å². The summed E-state index contributed by atoms with van der Waals surface area (Å²) >= 11 is 0. The van der Waals surface area contributed by atoms with Crippen molar-refractivity contribution in [3.05, 3.63) is 33.9 Å². The first-order valence-electron chi connectivity index (χ1n) is 6.32. The first-order chi connectivity index (χ1) is 9.83. The van der Waals surface area contributed by atoms with E-state index in [0.29, 0.717) is 12.8 Å². The fraction of sp³-hybridized carbons (Fsp3) is 0.385. The van der Waals surface area contributed by atoms with Gasteiger partial charge in [0.1, 0.15) is 5.60 Å². The molecular weight excluding hydrogens is 280 g/mol. The van der Waals surface area contributed by atoms with E-state index in [1.807, 2.05) is 0 Å². The number of benzene rings is 1. The van der Waals surface area contributed by atoms with Gasteiger partial charge in [-0.05, 0) is 31.4 Å². The molecule has 1 aromatic rings. The molecule has 1 amide bonds. The molecule has 0 atom stereocenters. The minimum absolute atomic E-state index is 0.00468. The van der Waals surface area contributed by atoms with Crippen LogP contribution in [-0.2, 0) is 4.79 Å². The molecule has 0 bridgehead atoms. The van der Waals surface area contributed by atoms with E-state index >= 15 is 0 Å². The van der Waals surface area contributed by atoms with Crippen molar-refractivity contribution >= 4 is 17.6 Å². The lowest BCUT2D eigenvalue weighted by atomic mass is 9.77. The third-order valence-electron chi connectivity index (χ3n) is 3.50. The Morgan fingerprint density at radius 3 is 2.52 bits per heavy atom. The lowest BCUT2D eigenvalue weighted by molar-refractivity contribution is -0.386. The van der Waals surface area contributed by atoms with Crippen molar-refractivity contribution in [1.29, 1.82) is 0 Å². The van der Waals surface area contributed by atoms with Crippen molar-refractivity contribution in [2.45, 2.75) is 31.3 Å². The molecule has 1 saturated carbocycles. The zero-order valence-electron chi connectivity index (χ0n) is 11.1. The molecule has 2 rings (SSSR count). The van der Waals surface area contributed by atoms with Crippen LogP contribution in [0.15, 0.2) is 18.2 Å². The number of nitro benzene ring substituents is 1. The second-order valence-electron chi connectivity index (χ2n) is 5.01. The largest absolute Gasteiger partial charge is 0.481 e. The molecule has 0 radical (unpaired) electrons. The number of carbonyl (C=O) groups is 2. The van der Waals surface area contributed by atoms with Crippen LogP contribution < -0.4 is 10.5 Å². The molecule has 21 heavy (non-hydrogen) atoms. The number of carboxylic acid groups (broad SMARTS) is 1. The normalized spacial score (nSPS) is 15.8. The van der Waals surface area contributed by atoms with Gasteiger partial charge in [-0.1, -0.05) is 0 Å². The van der Waals surface area contributed by atoms with Crippen molar-refractivity contribution in [3.8, 4) is 5.75 Å². The number of carbonyl (C=O) groups excluding carboxylic acids is 1. The number of nitrogens with zero attached hydrogens (tertiary/aromatic N) is 1. The third-order valence-corrected chi connectivity index (χ3v) is 3.50. The van der Waals surface area contributed by atoms with Gasteiger partial charge in [-0.3, -0.25) is 19.7 Å². The number of ether oxygens (including phenoxy) is 1. The van der Waals surface area contributed by atoms with Crippen LogP contribution in [0.5, 0.6) is 5.75 Å². The van der Waals surface area contributed by atoms with Crippen LogP contribution >= 0.6 is 0 Å². The molecule has 0 unspecified atom stereocenters. The molecule has 1 fully saturated rings. The molecule has 1 aliphatic carbocycles. The summed E-state index contributed by atoms with van der Waals surface area (Å²) < 4.78 is 5.60. The quantitative estimate of drug-likeness (QED) is 0.603. The minimum Gasteiger partial charge on any atom is -0.481 e. The van der Waals surface area contributed by atoms with E-state index < -0.39 is 28.1 Å². The summed E-state index contributed by atoms with van der Waals surface area (Å²) in [4.78, 5) is 32.3. The molecule has 1 aromatic carbocycles. The fourth-order valence-corrected chi connectivity index (χ4v) is 2.29. The molecule has 0 aromatic heterocycles. The number of nitrogens with two attached hydrogens (primary N) is 1. The highest BCUT2D eigenvalue weighted by Crippen LogP contribution is 2.42. The van der Waals surface area contributed by atoms with Gasteiger partial charge in [-0.25, -0.2) is 0 Å². The zero-order valence-corrected chi connectivity index (χ0v) is 11.1. The summed E-state index contributed by atoms with van der Waals surface area (Å²) in [5.41, 5.74) is 3.77. The lowest BCUT2D eigenvalue weighted by Crippen LogP contribution is -2.45. The van der Waals surface area contributed by atoms with Crippen molar-refractivity contribution < 1.29 is 24.4 Å². The smallest absolute Gasteiger partial charge is 0.311 e. The van der Waals surface area contributed by atoms with Gasteiger partial charge in [0.05, 0.1) is 11.3 Å². The molecule has 112 valence electrons. The third kappa shape index (κ3) is 3.10. The Bertz CT molecular complexity index is 609. The Morgan fingerprint density at radius 1 is 1.43 bits per heavy atom. The van der Waals surface area contributed by atoms with Crippen molar-refractivity contribution in [3.63, 3.8) is 0 Å². The molecular formula is C13H14N2O6. The van der Waals surface area contributed by atoms with E-state index in [2.05, 4.69) is 0 Å². The highest BCUT2D eigenvalue weighted by Gasteiger charge is 2.42. The second kappa shape index (κ2) is 5.39. The minimum atomic E-state index is -1.02. The number of aliphatic carboxylic acids is 1. The first-order valence-corrected chi connectivity index (χ1v) is 6.32. The predicted octanol–water partition coefficient (Wildman–Crippen LogP) is 1.47. The molecule has 0 aliphatic heterocycles. The number of primary amides is 1. The standard InChI is InChI=1S/C13H14N2O6/c14-12(18)8-2-3-10(9(6-8)15(19)20)21-13(4-1-5-13)7-11(16)17/h2-3,6H,1,4-5,7H2,(H2,14,18)(H,16,17). The van der Waals surface area contributed by atoms with Gasteiger partial charge in [0.2, 0.25) is 5.91 Å². The lowest BCUT2D eigenvalue weighted by Gasteiger charge is -2.40. The number of nitro groups is 1. The highest BCUT2D eigenvalue weighted by atomic mass is 16.6. The van der Waals surface area contributed by atoms with E-state index in [9.17, 15) is 19.7 Å². The Hall–Kier alpha value is -2.64. The fourth-order valence-electron chi connectivity index (χ4n) is 2.29. The van der Waals surface area contributed by atoms with E-state index in [4.69, 9.17) is 15.6 Å². The zero-order chi connectivity index (χ0) is 15.6. The number of carboxylic acids is 1. The number of hydrogen-bond acceptors (Lipinski definition) is 5. The number of hydrogen-bond donors (Lipinski definition) is 2. The highest BCUT2D eigenvalue weighted by molar-refractivity contribution is 5.93. The number of amides is 1. The monoisotopic (exact) mass is 294 g/mol. The van der Waals surface area contributed by atoms with Gasteiger partial charge in [0, 0.05) is 11.6 Å².